The minimum Gasteiger partial charge on any atom is -0.502 e. The lowest BCUT2D eigenvalue weighted by atomic mass is 9.88. The van der Waals surface area contributed by atoms with Crippen LogP contribution in [0.3, 0.4) is 0 Å². The minimum atomic E-state index is -1.12. The number of ether oxygens (including phenoxy) is 4. The summed E-state index contributed by atoms with van der Waals surface area (Å²) in [6, 6.07) is 9.98. The van der Waals surface area contributed by atoms with Crippen LogP contribution in [-0.4, -0.2) is 38.0 Å². The third-order valence-electron chi connectivity index (χ3n) is 5.04. The number of carbonyl (C=O) groups excluding carboxylic acids is 1. The molecule has 0 bridgehead atoms. The second-order valence-corrected chi connectivity index (χ2v) is 6.67. The van der Waals surface area contributed by atoms with E-state index in [1.54, 1.807) is 31.2 Å². The second-order valence-electron chi connectivity index (χ2n) is 6.67. The lowest BCUT2D eigenvalue weighted by molar-refractivity contribution is -0.151. The maximum absolute atomic E-state index is 12.9. The van der Waals surface area contributed by atoms with Gasteiger partial charge in [-0.3, -0.25) is 0 Å². The summed E-state index contributed by atoms with van der Waals surface area (Å²) in [7, 11) is 2.78. The van der Waals surface area contributed by atoms with Crippen LogP contribution >= 0.6 is 0 Å². The smallest absolute Gasteiger partial charge is 0.348 e. The van der Waals surface area contributed by atoms with Crippen LogP contribution < -0.4 is 19.8 Å². The number of fused-ring (bicyclic) bond motifs is 3. The Morgan fingerprint density at radius 3 is 2.43 bits per heavy atom. The lowest BCUT2D eigenvalue weighted by Crippen LogP contribution is -2.32. The van der Waals surface area contributed by atoms with Crippen LogP contribution in [0, 0.1) is 0 Å². The van der Waals surface area contributed by atoms with Gasteiger partial charge in [0.15, 0.2) is 11.5 Å². The molecule has 0 fully saturated rings. The zero-order chi connectivity index (χ0) is 21.4. The first-order valence-corrected chi connectivity index (χ1v) is 9.34. The van der Waals surface area contributed by atoms with Gasteiger partial charge in [0.1, 0.15) is 11.3 Å². The number of carbonyl (C=O) groups is 1. The van der Waals surface area contributed by atoms with Gasteiger partial charge in [-0.15, -0.1) is 0 Å². The van der Waals surface area contributed by atoms with Crippen molar-refractivity contribution in [3.05, 3.63) is 57.9 Å². The van der Waals surface area contributed by atoms with Gasteiger partial charge in [0.25, 0.3) is 0 Å². The van der Waals surface area contributed by atoms with Crippen LogP contribution in [0.5, 0.6) is 23.0 Å². The molecular weight excluding hydrogens is 392 g/mol. The molecule has 3 aromatic rings. The fourth-order valence-corrected chi connectivity index (χ4v) is 3.72. The third-order valence-corrected chi connectivity index (χ3v) is 5.04. The second kappa shape index (κ2) is 7.62. The van der Waals surface area contributed by atoms with Gasteiger partial charge in [0.2, 0.25) is 11.9 Å². The van der Waals surface area contributed by atoms with Crippen LogP contribution in [-0.2, 0) is 9.53 Å². The molecule has 8 nitrogen and oxygen atoms in total. The summed E-state index contributed by atoms with van der Waals surface area (Å²) in [6.07, 6.45) is -1.12. The molecule has 30 heavy (non-hydrogen) atoms. The van der Waals surface area contributed by atoms with Gasteiger partial charge in [0.05, 0.1) is 37.7 Å². The quantitative estimate of drug-likeness (QED) is 0.504. The Morgan fingerprint density at radius 1 is 1.13 bits per heavy atom. The van der Waals surface area contributed by atoms with Crippen LogP contribution in [0.1, 0.15) is 24.0 Å². The molecule has 0 amide bonds. The highest BCUT2D eigenvalue weighted by atomic mass is 16.6. The maximum Gasteiger partial charge on any atom is 0.348 e. The molecule has 1 N–H and O–H groups in total. The number of rotatable bonds is 5. The van der Waals surface area contributed by atoms with Gasteiger partial charge in [0, 0.05) is 0 Å². The van der Waals surface area contributed by atoms with E-state index < -0.39 is 23.6 Å². The van der Waals surface area contributed by atoms with E-state index in [1.807, 2.05) is 0 Å². The molecule has 0 unspecified atom stereocenters. The molecule has 156 valence electrons. The van der Waals surface area contributed by atoms with Crippen LogP contribution in [0.25, 0.3) is 11.0 Å². The summed E-state index contributed by atoms with van der Waals surface area (Å²) < 4.78 is 27.1. The molecule has 0 aliphatic carbocycles. The average molecular weight is 412 g/mol. The molecule has 2 aromatic carbocycles. The Morgan fingerprint density at radius 2 is 1.80 bits per heavy atom. The molecule has 1 aliphatic heterocycles. The van der Waals surface area contributed by atoms with E-state index in [4.69, 9.17) is 23.4 Å². The number of phenolic OH excluding ortho intramolecular Hbond substituents is 1. The van der Waals surface area contributed by atoms with E-state index in [0.717, 1.165) is 0 Å². The first-order valence-electron chi connectivity index (χ1n) is 9.34. The van der Waals surface area contributed by atoms with Crippen molar-refractivity contribution in [2.24, 2.45) is 0 Å². The number of esters is 1. The summed E-state index contributed by atoms with van der Waals surface area (Å²) in [5.41, 5.74) is 0.402. The molecule has 0 spiro atoms. The summed E-state index contributed by atoms with van der Waals surface area (Å²) >= 11 is 0. The van der Waals surface area contributed by atoms with E-state index in [0.29, 0.717) is 16.5 Å². The molecule has 0 saturated heterocycles. The number of benzene rings is 2. The molecule has 0 radical (unpaired) electrons. The number of para-hydroxylation sites is 1. The fraction of sp³-hybridized carbons (Fsp3) is 0.273. The van der Waals surface area contributed by atoms with E-state index in [2.05, 4.69) is 0 Å². The Kier molecular flexibility index (Phi) is 4.99. The predicted molar refractivity (Wildman–Crippen MR) is 107 cm³/mol. The van der Waals surface area contributed by atoms with Crippen molar-refractivity contribution in [1.82, 2.24) is 0 Å². The molecule has 1 aromatic heterocycles. The van der Waals surface area contributed by atoms with Gasteiger partial charge in [-0.2, -0.15) is 0 Å². The number of aromatic hydroxyl groups is 1. The number of phenols is 1. The van der Waals surface area contributed by atoms with Crippen molar-refractivity contribution in [1.29, 1.82) is 0 Å². The minimum absolute atomic E-state index is 0.130. The largest absolute Gasteiger partial charge is 0.502 e. The van der Waals surface area contributed by atoms with E-state index in [-0.39, 0.29) is 35.2 Å². The zero-order valence-electron chi connectivity index (χ0n) is 16.6. The number of hydrogen-bond acceptors (Lipinski definition) is 8. The zero-order valence-corrected chi connectivity index (χ0v) is 16.6. The lowest BCUT2D eigenvalue weighted by Gasteiger charge is -2.19. The maximum atomic E-state index is 12.9. The van der Waals surface area contributed by atoms with Crippen molar-refractivity contribution in [3.8, 4) is 23.0 Å². The molecule has 1 aliphatic rings. The van der Waals surface area contributed by atoms with Crippen LogP contribution in [0.15, 0.2) is 45.6 Å². The standard InChI is InChI=1S/C22H20O8/c1-4-28-22(25)20-16(11-9-14(26-2)18(23)15(10-11)27-3)17-19(30-20)12-7-5-6-8-13(12)29-21(17)24/h5-10,16,20,23H,4H2,1-3H3/t16-,20-/m0/s1. The normalized spacial score (nSPS) is 17.3. The van der Waals surface area contributed by atoms with Crippen molar-refractivity contribution in [2.75, 3.05) is 20.8 Å². The van der Waals surface area contributed by atoms with Crippen molar-refractivity contribution in [2.45, 2.75) is 18.9 Å². The van der Waals surface area contributed by atoms with Gasteiger partial charge < -0.3 is 28.5 Å². The first-order chi connectivity index (χ1) is 14.5. The topological polar surface area (TPSA) is 104 Å². The summed E-state index contributed by atoms with van der Waals surface area (Å²) in [5, 5.41) is 10.8. The van der Waals surface area contributed by atoms with Crippen molar-refractivity contribution in [3.63, 3.8) is 0 Å². The molecule has 2 atom stereocenters. The highest BCUT2D eigenvalue weighted by Gasteiger charge is 2.45. The van der Waals surface area contributed by atoms with Crippen LogP contribution in [0.4, 0.5) is 0 Å². The highest BCUT2D eigenvalue weighted by Crippen LogP contribution is 2.48. The molecule has 4 rings (SSSR count). The Balaban J connectivity index is 1.98. The molecule has 8 heteroatoms. The molecule has 2 heterocycles. The average Bonchev–Trinajstić information content (AvgIpc) is 3.16. The molecular formula is C22H20O8. The monoisotopic (exact) mass is 412 g/mol. The highest BCUT2D eigenvalue weighted by molar-refractivity contribution is 5.88. The predicted octanol–water partition coefficient (Wildman–Crippen LogP) is 2.97. The Hall–Kier alpha value is -3.68. The number of hydrogen-bond donors (Lipinski definition) is 1. The SMILES string of the molecule is CCOC(=O)[C@H]1Oc2c(c(=O)oc3ccccc23)[C@@H]1c1cc(OC)c(O)c(OC)c1. The van der Waals surface area contributed by atoms with Gasteiger partial charge in [-0.05, 0) is 36.8 Å². The summed E-state index contributed by atoms with van der Waals surface area (Å²) in [4.78, 5) is 25.6. The van der Waals surface area contributed by atoms with Gasteiger partial charge >= 0.3 is 11.6 Å². The number of methoxy groups -OCH3 is 2. The first kappa shape index (κ1) is 19.6. The summed E-state index contributed by atoms with van der Waals surface area (Å²) in [6.45, 7) is 1.84. The summed E-state index contributed by atoms with van der Waals surface area (Å²) in [5.74, 6) is -1.12. The van der Waals surface area contributed by atoms with Gasteiger partial charge in [-0.1, -0.05) is 12.1 Å². The fourth-order valence-electron chi connectivity index (χ4n) is 3.72. The Labute approximate surface area is 171 Å². The van der Waals surface area contributed by atoms with Gasteiger partial charge in [-0.25, -0.2) is 9.59 Å². The van der Waals surface area contributed by atoms with Crippen molar-refractivity contribution >= 4 is 16.9 Å². The third kappa shape index (κ3) is 3.01. The molecule has 0 saturated carbocycles. The van der Waals surface area contributed by atoms with Crippen LogP contribution in [0.2, 0.25) is 0 Å². The van der Waals surface area contributed by atoms with E-state index in [1.165, 1.54) is 26.4 Å². The van der Waals surface area contributed by atoms with E-state index >= 15 is 0 Å². The Bertz CT molecular complexity index is 1150. The van der Waals surface area contributed by atoms with E-state index in [9.17, 15) is 14.7 Å². The van der Waals surface area contributed by atoms with Crippen molar-refractivity contribution < 1.29 is 33.3 Å².